The van der Waals surface area contributed by atoms with Gasteiger partial charge in [0.05, 0.1) is 0 Å². The normalized spacial score (nSPS) is 15.3. The number of aryl methyl sites for hydroxylation is 1. The van der Waals surface area contributed by atoms with E-state index >= 15 is 0 Å². The van der Waals surface area contributed by atoms with E-state index in [-0.39, 0.29) is 5.56 Å². The van der Waals surface area contributed by atoms with Crippen LogP contribution in [-0.2, 0) is 9.59 Å². The zero-order valence-electron chi connectivity index (χ0n) is 9.90. The Kier molecular flexibility index (Phi) is 4.03. The number of carbonyl (C=O) groups is 3. The molecule has 0 aliphatic rings. The molecule has 0 fully saturated rings. The van der Waals surface area contributed by atoms with E-state index in [1.807, 2.05) is 0 Å². The highest BCUT2D eigenvalue weighted by molar-refractivity contribution is 6.17. The summed E-state index contributed by atoms with van der Waals surface area (Å²) in [7, 11) is 0. The monoisotopic (exact) mass is 268 g/mol. The molecule has 1 aromatic carbocycles. The number of ketones is 1. The summed E-state index contributed by atoms with van der Waals surface area (Å²) in [6.07, 6.45) is -2.76. The van der Waals surface area contributed by atoms with Crippen molar-refractivity contribution in [3.63, 3.8) is 0 Å². The number of Topliss-reactive ketones (excluding diaryl/α,β-unsaturated/α-hetero) is 1. The molecule has 1 aromatic rings. The standard InChI is InChI=1S/C12H12O7/c1-6-2-4-7(5-3-6)8(13)12(19,11(17)18)9(14)10(15)16/h2-5,9,14,19H,1H3,(H,15,16)(H,17,18)/t9-,12-/m1/s1. The molecule has 0 aromatic heterocycles. The van der Waals surface area contributed by atoms with Crippen LogP contribution in [0.25, 0.3) is 0 Å². The van der Waals surface area contributed by atoms with Gasteiger partial charge in [0.2, 0.25) is 5.78 Å². The second kappa shape index (κ2) is 5.17. The summed E-state index contributed by atoms with van der Waals surface area (Å²) in [5.41, 5.74) is -2.86. The van der Waals surface area contributed by atoms with Crippen molar-refractivity contribution in [1.29, 1.82) is 0 Å². The lowest BCUT2D eigenvalue weighted by molar-refractivity contribution is -0.175. The Bertz CT molecular complexity index is 519. The fourth-order valence-corrected chi connectivity index (χ4v) is 1.44. The average Bonchev–Trinajstić information content (AvgIpc) is 2.36. The van der Waals surface area contributed by atoms with Gasteiger partial charge in [0, 0.05) is 5.56 Å². The summed E-state index contributed by atoms with van der Waals surface area (Å²) in [5, 5.41) is 36.4. The van der Waals surface area contributed by atoms with Gasteiger partial charge in [-0.25, -0.2) is 9.59 Å². The van der Waals surface area contributed by atoms with E-state index in [1.165, 1.54) is 24.3 Å². The number of carbonyl (C=O) groups excluding carboxylic acids is 1. The summed E-state index contributed by atoms with van der Waals surface area (Å²) < 4.78 is 0. The zero-order valence-corrected chi connectivity index (χ0v) is 9.90. The number of aliphatic carboxylic acids is 2. The van der Waals surface area contributed by atoms with Crippen LogP contribution in [0, 0.1) is 6.92 Å². The number of carboxylic acid groups (broad SMARTS) is 2. The van der Waals surface area contributed by atoms with E-state index < -0.39 is 29.4 Å². The molecule has 0 aliphatic carbocycles. The fraction of sp³-hybridized carbons (Fsp3) is 0.250. The van der Waals surface area contributed by atoms with Crippen molar-refractivity contribution in [2.75, 3.05) is 0 Å². The Labute approximate surface area is 107 Å². The van der Waals surface area contributed by atoms with E-state index in [0.29, 0.717) is 0 Å². The second-order valence-electron chi connectivity index (χ2n) is 4.01. The van der Waals surface area contributed by atoms with Gasteiger partial charge in [-0.15, -0.1) is 0 Å². The van der Waals surface area contributed by atoms with Crippen molar-refractivity contribution in [2.24, 2.45) is 0 Å². The summed E-state index contributed by atoms with van der Waals surface area (Å²) in [5.74, 6) is -5.53. The number of aliphatic hydroxyl groups excluding tert-OH is 1. The molecule has 0 saturated heterocycles. The summed E-state index contributed by atoms with van der Waals surface area (Å²) >= 11 is 0. The molecule has 7 heteroatoms. The lowest BCUT2D eigenvalue weighted by Crippen LogP contribution is -2.58. The van der Waals surface area contributed by atoms with Crippen molar-refractivity contribution < 1.29 is 34.8 Å². The topological polar surface area (TPSA) is 132 Å². The predicted octanol–water partition coefficient (Wildman–Crippen LogP) is -0.561. The minimum Gasteiger partial charge on any atom is -0.479 e. The van der Waals surface area contributed by atoms with Gasteiger partial charge in [-0.05, 0) is 6.92 Å². The Morgan fingerprint density at radius 2 is 1.58 bits per heavy atom. The molecule has 0 unspecified atom stereocenters. The molecule has 0 heterocycles. The van der Waals surface area contributed by atoms with E-state index in [4.69, 9.17) is 10.2 Å². The lowest BCUT2D eigenvalue weighted by atomic mass is 9.87. The second-order valence-corrected chi connectivity index (χ2v) is 4.01. The molecule has 0 bridgehead atoms. The molecule has 0 radical (unpaired) electrons. The Balaban J connectivity index is 3.27. The third kappa shape index (κ3) is 2.61. The first-order valence-electron chi connectivity index (χ1n) is 5.19. The number of rotatable bonds is 5. The van der Waals surface area contributed by atoms with Crippen LogP contribution >= 0.6 is 0 Å². The van der Waals surface area contributed by atoms with Gasteiger partial charge in [0.15, 0.2) is 6.10 Å². The van der Waals surface area contributed by atoms with Crippen molar-refractivity contribution in [3.05, 3.63) is 35.4 Å². The Hall–Kier alpha value is -2.25. The molecular weight excluding hydrogens is 256 g/mol. The highest BCUT2D eigenvalue weighted by atomic mass is 16.4. The first-order chi connectivity index (χ1) is 8.71. The van der Waals surface area contributed by atoms with Crippen molar-refractivity contribution in [2.45, 2.75) is 18.6 Å². The molecule has 2 atom stereocenters. The number of carboxylic acids is 2. The van der Waals surface area contributed by atoms with Crippen LogP contribution in [0.5, 0.6) is 0 Å². The Morgan fingerprint density at radius 3 is 1.95 bits per heavy atom. The minimum atomic E-state index is -3.43. The number of hydrogen-bond donors (Lipinski definition) is 4. The SMILES string of the molecule is Cc1ccc(C(=O)[C@](O)(C(=O)O)[C@H](O)C(=O)O)cc1. The van der Waals surface area contributed by atoms with Gasteiger partial charge in [-0.1, -0.05) is 29.8 Å². The summed E-state index contributed by atoms with van der Waals surface area (Å²) in [6, 6.07) is 5.45. The largest absolute Gasteiger partial charge is 0.479 e. The predicted molar refractivity (Wildman–Crippen MR) is 61.7 cm³/mol. The lowest BCUT2D eigenvalue weighted by Gasteiger charge is -2.24. The summed E-state index contributed by atoms with van der Waals surface area (Å²) in [6.45, 7) is 1.73. The van der Waals surface area contributed by atoms with Gasteiger partial charge in [0.25, 0.3) is 5.60 Å². The van der Waals surface area contributed by atoms with E-state index in [1.54, 1.807) is 6.92 Å². The Morgan fingerprint density at radius 1 is 1.11 bits per heavy atom. The van der Waals surface area contributed by atoms with Crippen LogP contribution in [-0.4, -0.2) is 49.9 Å². The maximum Gasteiger partial charge on any atom is 0.347 e. The fourth-order valence-electron chi connectivity index (χ4n) is 1.44. The molecule has 0 amide bonds. The molecule has 102 valence electrons. The molecule has 19 heavy (non-hydrogen) atoms. The molecule has 0 saturated carbocycles. The molecule has 4 N–H and O–H groups in total. The highest BCUT2D eigenvalue weighted by Crippen LogP contribution is 2.19. The third-order valence-corrected chi connectivity index (χ3v) is 2.62. The van der Waals surface area contributed by atoms with Crippen LogP contribution in [0.2, 0.25) is 0 Å². The summed E-state index contributed by atoms with van der Waals surface area (Å²) in [4.78, 5) is 33.5. The van der Waals surface area contributed by atoms with E-state index in [2.05, 4.69) is 0 Å². The molecule has 1 rings (SSSR count). The van der Waals surface area contributed by atoms with Gasteiger partial charge >= 0.3 is 11.9 Å². The first kappa shape index (κ1) is 14.8. The number of benzene rings is 1. The first-order valence-corrected chi connectivity index (χ1v) is 5.19. The minimum absolute atomic E-state index is 0.212. The van der Waals surface area contributed by atoms with Crippen LogP contribution < -0.4 is 0 Å². The zero-order chi connectivity index (χ0) is 14.8. The number of aliphatic hydroxyl groups is 2. The number of hydrogen-bond acceptors (Lipinski definition) is 5. The van der Waals surface area contributed by atoms with E-state index in [0.717, 1.165) is 5.56 Å². The van der Waals surface area contributed by atoms with Crippen LogP contribution in [0.1, 0.15) is 15.9 Å². The maximum absolute atomic E-state index is 11.9. The quantitative estimate of drug-likeness (QED) is 0.415. The van der Waals surface area contributed by atoms with E-state index in [9.17, 15) is 24.6 Å². The smallest absolute Gasteiger partial charge is 0.347 e. The average molecular weight is 268 g/mol. The van der Waals surface area contributed by atoms with Crippen LogP contribution in [0.4, 0.5) is 0 Å². The van der Waals surface area contributed by atoms with Crippen molar-refractivity contribution in [3.8, 4) is 0 Å². The van der Waals surface area contributed by atoms with Gasteiger partial charge in [-0.2, -0.15) is 0 Å². The van der Waals surface area contributed by atoms with Crippen molar-refractivity contribution >= 4 is 17.7 Å². The molecule has 7 nitrogen and oxygen atoms in total. The van der Waals surface area contributed by atoms with Crippen LogP contribution in [0.3, 0.4) is 0 Å². The molecule has 0 spiro atoms. The highest BCUT2D eigenvalue weighted by Gasteiger charge is 2.54. The van der Waals surface area contributed by atoms with Crippen LogP contribution in [0.15, 0.2) is 24.3 Å². The maximum atomic E-state index is 11.9. The van der Waals surface area contributed by atoms with Gasteiger partial charge in [-0.3, -0.25) is 4.79 Å². The van der Waals surface area contributed by atoms with Gasteiger partial charge < -0.3 is 20.4 Å². The van der Waals surface area contributed by atoms with Crippen molar-refractivity contribution in [1.82, 2.24) is 0 Å². The third-order valence-electron chi connectivity index (χ3n) is 2.62. The molecular formula is C12H12O7. The molecule has 0 aliphatic heterocycles. The van der Waals surface area contributed by atoms with Gasteiger partial charge in [0.1, 0.15) is 0 Å².